The molecule has 0 aliphatic carbocycles. The van der Waals surface area contributed by atoms with Crippen molar-refractivity contribution in [2.24, 2.45) is 0 Å². The zero-order chi connectivity index (χ0) is 20.6. The van der Waals surface area contributed by atoms with Gasteiger partial charge in [-0.1, -0.05) is 35.9 Å². The molecule has 0 aliphatic rings. The Labute approximate surface area is 176 Å². The van der Waals surface area contributed by atoms with E-state index in [1.807, 2.05) is 61.5 Å². The summed E-state index contributed by atoms with van der Waals surface area (Å²) in [6.45, 7) is 2.48. The molecule has 1 unspecified atom stereocenters. The van der Waals surface area contributed by atoms with Gasteiger partial charge in [0, 0.05) is 24.5 Å². The largest absolute Gasteiger partial charge is 0.496 e. The second-order valence-electron chi connectivity index (χ2n) is 6.70. The summed E-state index contributed by atoms with van der Waals surface area (Å²) >= 11 is 6.39. The number of amides is 1. The molecule has 0 spiro atoms. The molecule has 1 heterocycles. The fourth-order valence-electron chi connectivity index (χ4n) is 3.06. The number of nitrogens with zero attached hydrogens (tertiary/aromatic N) is 1. The predicted octanol–water partition coefficient (Wildman–Crippen LogP) is 4.56. The van der Waals surface area contributed by atoms with Gasteiger partial charge in [-0.3, -0.25) is 9.78 Å². The minimum atomic E-state index is -0.649. The van der Waals surface area contributed by atoms with Crippen molar-refractivity contribution in [3.05, 3.63) is 88.7 Å². The molecule has 150 valence electrons. The number of pyridine rings is 1. The molecule has 0 saturated heterocycles. The number of carbonyl (C=O) groups excluding carboxylic acids is 1. The normalized spacial score (nSPS) is 11.6. The van der Waals surface area contributed by atoms with Crippen LogP contribution in [0.25, 0.3) is 0 Å². The minimum Gasteiger partial charge on any atom is -0.496 e. The van der Waals surface area contributed by atoms with Crippen LogP contribution < -0.4 is 15.4 Å². The minimum absolute atomic E-state index is 0.153. The van der Waals surface area contributed by atoms with E-state index in [1.165, 1.54) is 0 Å². The van der Waals surface area contributed by atoms with Crippen molar-refractivity contribution in [2.75, 3.05) is 19.0 Å². The second kappa shape index (κ2) is 9.94. The predicted molar refractivity (Wildman–Crippen MR) is 116 cm³/mol. The topological polar surface area (TPSA) is 63.2 Å². The molecule has 1 aromatic heterocycles. The summed E-state index contributed by atoms with van der Waals surface area (Å²) in [6.07, 6.45) is 4.21. The third-order valence-electron chi connectivity index (χ3n) is 4.60. The lowest BCUT2D eigenvalue weighted by Crippen LogP contribution is -2.35. The average Bonchev–Trinajstić information content (AvgIpc) is 2.74. The van der Waals surface area contributed by atoms with E-state index in [0.29, 0.717) is 23.0 Å². The number of methoxy groups -OCH3 is 1. The van der Waals surface area contributed by atoms with Gasteiger partial charge in [-0.05, 0) is 54.8 Å². The highest BCUT2D eigenvalue weighted by atomic mass is 35.5. The van der Waals surface area contributed by atoms with Gasteiger partial charge in [-0.25, -0.2) is 0 Å². The molecule has 29 heavy (non-hydrogen) atoms. The second-order valence-corrected chi connectivity index (χ2v) is 7.11. The Kier molecular flexibility index (Phi) is 7.09. The van der Waals surface area contributed by atoms with Crippen LogP contribution in [0.15, 0.2) is 67.0 Å². The monoisotopic (exact) mass is 409 g/mol. The fraction of sp³-hybridized carbons (Fsp3) is 0.217. The van der Waals surface area contributed by atoms with E-state index in [2.05, 4.69) is 15.6 Å². The van der Waals surface area contributed by atoms with E-state index >= 15 is 0 Å². The van der Waals surface area contributed by atoms with Crippen molar-refractivity contribution in [2.45, 2.75) is 19.4 Å². The summed E-state index contributed by atoms with van der Waals surface area (Å²) in [7, 11) is 1.59. The van der Waals surface area contributed by atoms with Crippen LogP contribution in [0.2, 0.25) is 5.02 Å². The van der Waals surface area contributed by atoms with Gasteiger partial charge < -0.3 is 15.4 Å². The first kappa shape index (κ1) is 20.7. The molecule has 0 radical (unpaired) electrons. The van der Waals surface area contributed by atoms with Crippen molar-refractivity contribution < 1.29 is 9.53 Å². The molecule has 1 amide bonds. The molecule has 5 nitrogen and oxygen atoms in total. The van der Waals surface area contributed by atoms with E-state index in [0.717, 1.165) is 23.1 Å². The lowest BCUT2D eigenvalue weighted by atomic mass is 10.0. The van der Waals surface area contributed by atoms with Crippen LogP contribution in [0.4, 0.5) is 5.69 Å². The first-order valence-electron chi connectivity index (χ1n) is 9.40. The lowest BCUT2D eigenvalue weighted by molar-refractivity contribution is -0.121. The van der Waals surface area contributed by atoms with E-state index in [4.69, 9.17) is 16.3 Å². The molecule has 0 bridgehead atoms. The first-order valence-corrected chi connectivity index (χ1v) is 9.78. The number of anilines is 1. The Hall–Kier alpha value is -3.05. The number of nitrogens with one attached hydrogen (secondary N) is 2. The molecule has 0 fully saturated rings. The highest BCUT2D eigenvalue weighted by Crippen LogP contribution is 2.31. The third-order valence-corrected chi connectivity index (χ3v) is 4.91. The van der Waals surface area contributed by atoms with Crippen LogP contribution in [0.1, 0.15) is 22.7 Å². The van der Waals surface area contributed by atoms with Gasteiger partial charge in [0.1, 0.15) is 11.8 Å². The maximum atomic E-state index is 13.1. The molecule has 3 rings (SSSR count). The standard InChI is InChI=1S/C23H24ClN3O2/c1-16-7-8-20(19(24)15-16)27-22(18-5-3-4-6-21(18)29-2)23(28)26-14-11-17-9-12-25-13-10-17/h3-10,12-13,15,22,27H,11,14H2,1-2H3,(H,26,28). The Morgan fingerprint density at radius 1 is 1.14 bits per heavy atom. The highest BCUT2D eigenvalue weighted by molar-refractivity contribution is 6.33. The Bertz CT molecular complexity index is 963. The number of hydrogen-bond acceptors (Lipinski definition) is 4. The van der Waals surface area contributed by atoms with Gasteiger partial charge in [-0.2, -0.15) is 0 Å². The van der Waals surface area contributed by atoms with Crippen molar-refractivity contribution in [3.8, 4) is 5.75 Å². The molecule has 3 aromatic rings. The maximum Gasteiger partial charge on any atom is 0.247 e. The van der Waals surface area contributed by atoms with Gasteiger partial charge in [0.2, 0.25) is 5.91 Å². The SMILES string of the molecule is COc1ccccc1C(Nc1ccc(C)cc1Cl)C(=O)NCCc1ccncc1. The highest BCUT2D eigenvalue weighted by Gasteiger charge is 2.24. The summed E-state index contributed by atoms with van der Waals surface area (Å²) < 4.78 is 5.48. The Morgan fingerprint density at radius 2 is 1.90 bits per heavy atom. The zero-order valence-corrected chi connectivity index (χ0v) is 17.2. The lowest BCUT2D eigenvalue weighted by Gasteiger charge is -2.22. The molecule has 0 aliphatic heterocycles. The van der Waals surface area contributed by atoms with Gasteiger partial charge in [0.25, 0.3) is 0 Å². The molecule has 2 N–H and O–H groups in total. The van der Waals surface area contributed by atoms with E-state index in [9.17, 15) is 4.79 Å². The number of halogens is 1. The number of benzene rings is 2. The van der Waals surface area contributed by atoms with Crippen molar-refractivity contribution in [3.63, 3.8) is 0 Å². The molecule has 2 aromatic carbocycles. The number of rotatable bonds is 8. The Morgan fingerprint density at radius 3 is 2.62 bits per heavy atom. The van der Waals surface area contributed by atoms with Gasteiger partial charge in [-0.15, -0.1) is 0 Å². The van der Waals surface area contributed by atoms with Gasteiger partial charge >= 0.3 is 0 Å². The number of para-hydroxylation sites is 1. The van der Waals surface area contributed by atoms with Crippen LogP contribution in [-0.2, 0) is 11.2 Å². The number of aryl methyl sites for hydroxylation is 1. The summed E-state index contributed by atoms with van der Waals surface area (Å²) in [5.74, 6) is 0.484. The smallest absolute Gasteiger partial charge is 0.247 e. The van der Waals surface area contributed by atoms with Crippen LogP contribution in [0.5, 0.6) is 5.75 Å². The summed E-state index contributed by atoms with van der Waals surface area (Å²) in [6, 6.07) is 16.4. The summed E-state index contributed by atoms with van der Waals surface area (Å²) in [4.78, 5) is 17.1. The quantitative estimate of drug-likeness (QED) is 0.572. The molecule has 1 atom stereocenters. The average molecular weight is 410 g/mol. The van der Waals surface area contributed by atoms with E-state index in [1.54, 1.807) is 19.5 Å². The van der Waals surface area contributed by atoms with Crippen LogP contribution in [0, 0.1) is 6.92 Å². The first-order chi connectivity index (χ1) is 14.1. The summed E-state index contributed by atoms with van der Waals surface area (Å²) in [5.41, 5.74) is 3.60. The van der Waals surface area contributed by atoms with Crippen LogP contribution in [0.3, 0.4) is 0 Å². The van der Waals surface area contributed by atoms with Crippen molar-refractivity contribution in [1.82, 2.24) is 10.3 Å². The van der Waals surface area contributed by atoms with Crippen LogP contribution in [-0.4, -0.2) is 24.5 Å². The van der Waals surface area contributed by atoms with Gasteiger partial charge in [0.15, 0.2) is 0 Å². The maximum absolute atomic E-state index is 13.1. The fourth-order valence-corrected chi connectivity index (χ4v) is 3.35. The summed E-state index contributed by atoms with van der Waals surface area (Å²) in [5, 5.41) is 6.86. The number of carbonyl (C=O) groups is 1. The number of ether oxygens (including phenoxy) is 1. The molecule has 6 heteroatoms. The van der Waals surface area contributed by atoms with Gasteiger partial charge in [0.05, 0.1) is 17.8 Å². The van der Waals surface area contributed by atoms with Crippen LogP contribution >= 0.6 is 11.6 Å². The molecule has 0 saturated carbocycles. The zero-order valence-electron chi connectivity index (χ0n) is 16.5. The number of hydrogen-bond donors (Lipinski definition) is 2. The van der Waals surface area contributed by atoms with E-state index < -0.39 is 6.04 Å². The third kappa shape index (κ3) is 5.48. The van der Waals surface area contributed by atoms with Crippen molar-refractivity contribution >= 4 is 23.2 Å². The Balaban J connectivity index is 1.80. The molecular formula is C23H24ClN3O2. The molecular weight excluding hydrogens is 386 g/mol. The van der Waals surface area contributed by atoms with Crippen molar-refractivity contribution in [1.29, 1.82) is 0 Å². The van der Waals surface area contributed by atoms with E-state index in [-0.39, 0.29) is 5.91 Å². The number of aromatic nitrogens is 1.